The molecular weight excluding hydrogens is 301 g/mol. The topological polar surface area (TPSA) is 80.2 Å². The molecule has 7 nitrogen and oxygen atoms in total. The molecule has 1 N–H and O–H groups in total. The molecule has 1 aliphatic rings. The molecule has 3 aromatic rings. The lowest BCUT2D eigenvalue weighted by molar-refractivity contribution is -0.000712. The van der Waals surface area contributed by atoms with Crippen LogP contribution in [0.15, 0.2) is 28.9 Å². The highest BCUT2D eigenvalue weighted by Gasteiger charge is 2.38. The van der Waals surface area contributed by atoms with Crippen LogP contribution in [0.4, 0.5) is 10.4 Å². The predicted octanol–water partition coefficient (Wildman–Crippen LogP) is 1.58. The van der Waals surface area contributed by atoms with Gasteiger partial charge in [-0.1, -0.05) is 6.07 Å². The molecule has 3 heterocycles. The zero-order valence-electron chi connectivity index (χ0n) is 12.6. The maximum absolute atomic E-state index is 13.7. The Bertz CT molecular complexity index is 851. The number of aryl methyl sites for hydroxylation is 1. The standard InChI is InChI=1S/C15H16FN5O2/c1-20-13(17-9-18-20)15(22)5-7-21(8-6-15)14-19-12-10(16)3-2-4-11(12)23-14/h2-4,9,22H,5-8H2,1H3. The second-order valence-electron chi connectivity index (χ2n) is 5.81. The number of nitrogens with zero attached hydrogens (tertiary/aromatic N) is 5. The van der Waals surface area contributed by atoms with E-state index in [9.17, 15) is 9.50 Å². The molecule has 2 aromatic heterocycles. The number of para-hydroxylation sites is 1. The Morgan fingerprint density at radius 3 is 2.74 bits per heavy atom. The van der Waals surface area contributed by atoms with Crippen LogP contribution in [0.3, 0.4) is 0 Å². The summed E-state index contributed by atoms with van der Waals surface area (Å²) >= 11 is 0. The van der Waals surface area contributed by atoms with Gasteiger partial charge in [0.2, 0.25) is 0 Å². The minimum atomic E-state index is -1.01. The van der Waals surface area contributed by atoms with Crippen LogP contribution in [-0.4, -0.2) is 37.9 Å². The Morgan fingerprint density at radius 2 is 2.09 bits per heavy atom. The van der Waals surface area contributed by atoms with Crippen LogP contribution in [-0.2, 0) is 12.6 Å². The normalized spacial score (nSPS) is 17.8. The van der Waals surface area contributed by atoms with Gasteiger partial charge in [0.25, 0.3) is 6.01 Å². The van der Waals surface area contributed by atoms with Gasteiger partial charge in [0.15, 0.2) is 17.2 Å². The molecule has 23 heavy (non-hydrogen) atoms. The van der Waals surface area contributed by atoms with Gasteiger partial charge in [0, 0.05) is 33.0 Å². The fraction of sp³-hybridized carbons (Fsp3) is 0.400. The average molecular weight is 317 g/mol. The van der Waals surface area contributed by atoms with Crippen molar-refractivity contribution in [1.29, 1.82) is 0 Å². The van der Waals surface area contributed by atoms with Crippen molar-refractivity contribution in [2.45, 2.75) is 18.4 Å². The number of fused-ring (bicyclic) bond motifs is 1. The highest BCUT2D eigenvalue weighted by molar-refractivity contribution is 5.75. The maximum Gasteiger partial charge on any atom is 0.298 e. The summed E-state index contributed by atoms with van der Waals surface area (Å²) in [6.07, 6.45) is 2.38. The maximum atomic E-state index is 13.7. The number of aromatic nitrogens is 4. The first kappa shape index (κ1) is 14.1. The van der Waals surface area contributed by atoms with Gasteiger partial charge in [0.05, 0.1) is 0 Å². The molecule has 0 aliphatic carbocycles. The van der Waals surface area contributed by atoms with E-state index in [1.165, 1.54) is 12.4 Å². The Kier molecular flexibility index (Phi) is 3.08. The average Bonchev–Trinajstić information content (AvgIpc) is 3.15. The monoisotopic (exact) mass is 317 g/mol. The molecule has 120 valence electrons. The number of oxazole rings is 1. The highest BCUT2D eigenvalue weighted by Crippen LogP contribution is 2.34. The summed E-state index contributed by atoms with van der Waals surface area (Å²) in [5.41, 5.74) is -0.357. The summed E-state index contributed by atoms with van der Waals surface area (Å²) in [6.45, 7) is 1.08. The van der Waals surface area contributed by atoms with Crippen molar-refractivity contribution in [1.82, 2.24) is 19.7 Å². The summed E-state index contributed by atoms with van der Waals surface area (Å²) in [5, 5.41) is 14.8. The lowest BCUT2D eigenvalue weighted by atomic mass is 9.90. The Hall–Kier alpha value is -2.48. The predicted molar refractivity (Wildman–Crippen MR) is 80.3 cm³/mol. The van der Waals surface area contributed by atoms with E-state index in [0.717, 1.165) is 0 Å². The largest absolute Gasteiger partial charge is 0.423 e. The molecule has 1 aromatic carbocycles. The third kappa shape index (κ3) is 2.26. The second kappa shape index (κ2) is 5.02. The molecule has 0 spiro atoms. The van der Waals surface area contributed by atoms with E-state index in [-0.39, 0.29) is 5.52 Å². The summed E-state index contributed by atoms with van der Waals surface area (Å²) in [7, 11) is 1.76. The number of hydrogen-bond acceptors (Lipinski definition) is 6. The molecule has 0 radical (unpaired) electrons. The smallest absolute Gasteiger partial charge is 0.298 e. The fourth-order valence-electron chi connectivity index (χ4n) is 3.05. The molecule has 0 amide bonds. The van der Waals surface area contributed by atoms with Crippen molar-refractivity contribution < 1.29 is 13.9 Å². The third-order valence-corrected chi connectivity index (χ3v) is 4.35. The zero-order chi connectivity index (χ0) is 16.0. The first-order valence-corrected chi connectivity index (χ1v) is 7.44. The van der Waals surface area contributed by atoms with Crippen LogP contribution < -0.4 is 4.90 Å². The van der Waals surface area contributed by atoms with Crippen LogP contribution in [0.2, 0.25) is 0 Å². The van der Waals surface area contributed by atoms with Crippen molar-refractivity contribution in [3.8, 4) is 0 Å². The Labute approximate surface area is 131 Å². The fourth-order valence-corrected chi connectivity index (χ4v) is 3.05. The van der Waals surface area contributed by atoms with Gasteiger partial charge in [0.1, 0.15) is 17.4 Å². The van der Waals surface area contributed by atoms with Crippen LogP contribution in [0.25, 0.3) is 11.1 Å². The van der Waals surface area contributed by atoms with Gasteiger partial charge in [-0.3, -0.25) is 4.68 Å². The molecule has 1 saturated heterocycles. The quantitative estimate of drug-likeness (QED) is 0.773. The van der Waals surface area contributed by atoms with Crippen molar-refractivity contribution in [3.63, 3.8) is 0 Å². The molecule has 8 heteroatoms. The van der Waals surface area contributed by atoms with Crippen LogP contribution in [0.1, 0.15) is 18.7 Å². The molecule has 0 bridgehead atoms. The summed E-state index contributed by atoms with van der Waals surface area (Å²) in [4.78, 5) is 10.3. The molecule has 0 saturated carbocycles. The van der Waals surface area contributed by atoms with Gasteiger partial charge in [-0.15, -0.1) is 0 Å². The van der Waals surface area contributed by atoms with E-state index in [2.05, 4.69) is 15.1 Å². The van der Waals surface area contributed by atoms with Gasteiger partial charge in [-0.2, -0.15) is 10.1 Å². The lowest BCUT2D eigenvalue weighted by Gasteiger charge is -2.36. The van der Waals surface area contributed by atoms with E-state index in [4.69, 9.17) is 4.42 Å². The van der Waals surface area contributed by atoms with Crippen molar-refractivity contribution in [2.24, 2.45) is 7.05 Å². The van der Waals surface area contributed by atoms with Crippen molar-refractivity contribution >= 4 is 17.1 Å². The molecule has 0 unspecified atom stereocenters. The second-order valence-corrected chi connectivity index (χ2v) is 5.81. The van der Waals surface area contributed by atoms with E-state index >= 15 is 0 Å². The first-order valence-electron chi connectivity index (χ1n) is 7.44. The zero-order valence-corrected chi connectivity index (χ0v) is 12.6. The van der Waals surface area contributed by atoms with Gasteiger partial charge >= 0.3 is 0 Å². The Balaban J connectivity index is 1.57. The number of halogens is 1. The highest BCUT2D eigenvalue weighted by atomic mass is 19.1. The molecular formula is C15H16FN5O2. The number of benzene rings is 1. The molecule has 4 rings (SSSR count). The van der Waals surface area contributed by atoms with Gasteiger partial charge in [-0.25, -0.2) is 9.37 Å². The van der Waals surface area contributed by atoms with E-state index < -0.39 is 11.4 Å². The van der Waals surface area contributed by atoms with Gasteiger partial charge in [-0.05, 0) is 12.1 Å². The molecule has 1 aliphatic heterocycles. The van der Waals surface area contributed by atoms with Crippen LogP contribution in [0, 0.1) is 5.82 Å². The minimum absolute atomic E-state index is 0.233. The molecule has 0 atom stereocenters. The van der Waals surface area contributed by atoms with Crippen molar-refractivity contribution in [2.75, 3.05) is 18.0 Å². The minimum Gasteiger partial charge on any atom is -0.423 e. The van der Waals surface area contributed by atoms with Crippen LogP contribution in [0.5, 0.6) is 0 Å². The van der Waals surface area contributed by atoms with Crippen LogP contribution >= 0.6 is 0 Å². The number of aliphatic hydroxyl groups is 1. The van der Waals surface area contributed by atoms with E-state index in [1.54, 1.807) is 23.9 Å². The molecule has 1 fully saturated rings. The number of hydrogen-bond donors (Lipinski definition) is 1. The number of rotatable bonds is 2. The SMILES string of the molecule is Cn1ncnc1C1(O)CCN(c2nc3c(F)cccc3o2)CC1. The number of piperidine rings is 1. The van der Waals surface area contributed by atoms with E-state index in [0.29, 0.717) is 43.4 Å². The first-order chi connectivity index (χ1) is 11.1. The summed E-state index contributed by atoms with van der Waals surface area (Å²) < 4.78 is 20.9. The number of anilines is 1. The van der Waals surface area contributed by atoms with Crippen molar-refractivity contribution in [3.05, 3.63) is 36.2 Å². The summed E-state index contributed by atoms with van der Waals surface area (Å²) in [6, 6.07) is 5.02. The lowest BCUT2D eigenvalue weighted by Crippen LogP contribution is -2.44. The Morgan fingerprint density at radius 1 is 1.30 bits per heavy atom. The third-order valence-electron chi connectivity index (χ3n) is 4.35. The van der Waals surface area contributed by atoms with Gasteiger partial charge < -0.3 is 14.4 Å². The summed E-state index contributed by atoms with van der Waals surface area (Å²) in [5.74, 6) is 0.158. The van der Waals surface area contributed by atoms with E-state index in [1.807, 2.05) is 4.90 Å².